The van der Waals surface area contributed by atoms with Crippen LogP contribution >= 0.6 is 0 Å². The number of likely N-dealkylation sites (N-methyl/N-ethyl adjacent to an activating group) is 1. The van der Waals surface area contributed by atoms with Crippen molar-refractivity contribution in [3.63, 3.8) is 0 Å². The Bertz CT molecular complexity index is 222. The molecule has 0 aromatic carbocycles. The lowest BCUT2D eigenvalue weighted by Gasteiger charge is -2.26. The molecule has 0 amide bonds. The van der Waals surface area contributed by atoms with Gasteiger partial charge in [-0.05, 0) is 53.8 Å². The Morgan fingerprint density at radius 3 is 2.44 bits per heavy atom. The molecule has 0 bridgehead atoms. The van der Waals surface area contributed by atoms with Crippen LogP contribution in [0.25, 0.3) is 0 Å². The summed E-state index contributed by atoms with van der Waals surface area (Å²) in [5.74, 6) is 0. The van der Waals surface area contributed by atoms with Crippen LogP contribution in [0, 0.1) is 0 Å². The van der Waals surface area contributed by atoms with Crippen LogP contribution in [-0.2, 0) is 0 Å². The van der Waals surface area contributed by atoms with E-state index in [0.29, 0.717) is 6.54 Å². The van der Waals surface area contributed by atoms with Gasteiger partial charge in [-0.15, -0.1) is 0 Å². The number of hydrogen-bond donors (Lipinski definition) is 2. The molecule has 1 aliphatic heterocycles. The predicted molar refractivity (Wildman–Crippen MR) is 76.9 cm³/mol. The lowest BCUT2D eigenvalue weighted by atomic mass is 10.1. The van der Waals surface area contributed by atoms with E-state index in [-0.39, 0.29) is 11.6 Å². The molecule has 0 radical (unpaired) electrons. The fraction of sp³-hybridized carbons (Fsp3) is 1.00. The molecule has 1 atom stereocenters. The molecule has 1 fully saturated rings. The molecule has 0 spiro atoms. The van der Waals surface area contributed by atoms with Gasteiger partial charge in [0.1, 0.15) is 0 Å². The lowest BCUT2D eigenvalue weighted by Crippen LogP contribution is -2.45. The summed E-state index contributed by atoms with van der Waals surface area (Å²) in [4.78, 5) is 4.74. The molecule has 1 saturated heterocycles. The van der Waals surface area contributed by atoms with Crippen molar-refractivity contribution in [2.45, 2.75) is 45.3 Å². The fourth-order valence-corrected chi connectivity index (χ4v) is 2.26. The van der Waals surface area contributed by atoms with E-state index in [1.54, 1.807) is 0 Å². The van der Waals surface area contributed by atoms with Crippen LogP contribution in [0.2, 0.25) is 0 Å². The molecule has 0 aliphatic carbocycles. The number of aliphatic hydroxyl groups is 1. The van der Waals surface area contributed by atoms with Gasteiger partial charge in [0.2, 0.25) is 0 Å². The number of nitrogens with zero attached hydrogens (tertiary/aromatic N) is 2. The normalized spacial score (nSPS) is 19.7. The van der Waals surface area contributed by atoms with Crippen LogP contribution in [0.5, 0.6) is 0 Å². The Kier molecular flexibility index (Phi) is 6.57. The molecule has 1 heterocycles. The first-order chi connectivity index (χ1) is 8.37. The zero-order valence-corrected chi connectivity index (χ0v) is 12.6. The molecule has 4 nitrogen and oxygen atoms in total. The Hall–Kier alpha value is -0.160. The zero-order chi connectivity index (χ0) is 13.6. The molecule has 0 aromatic heterocycles. The van der Waals surface area contributed by atoms with Crippen LogP contribution < -0.4 is 5.32 Å². The minimum absolute atomic E-state index is 0.0785. The molecule has 1 rings (SSSR count). The lowest BCUT2D eigenvalue weighted by molar-refractivity contribution is 0.112. The van der Waals surface area contributed by atoms with Gasteiger partial charge in [-0.25, -0.2) is 0 Å². The van der Waals surface area contributed by atoms with E-state index in [0.717, 1.165) is 19.6 Å². The topological polar surface area (TPSA) is 38.7 Å². The van der Waals surface area contributed by atoms with Crippen molar-refractivity contribution in [2.24, 2.45) is 0 Å². The standard InChI is InChI=1S/C14H31N3O/c1-14(2,3)15-11-13(18)12-16(4)9-10-17-7-5-6-8-17/h13,15,18H,5-12H2,1-4H3. The summed E-state index contributed by atoms with van der Waals surface area (Å²) in [7, 11) is 2.09. The van der Waals surface area contributed by atoms with Crippen molar-refractivity contribution in [2.75, 3.05) is 46.3 Å². The third-order valence-electron chi connectivity index (χ3n) is 3.39. The number of nitrogens with one attached hydrogen (secondary N) is 1. The maximum atomic E-state index is 9.96. The van der Waals surface area contributed by atoms with Crippen LogP contribution in [0.1, 0.15) is 33.6 Å². The number of likely N-dealkylation sites (tertiary alicyclic amines) is 1. The SMILES string of the molecule is CN(CCN1CCCC1)CC(O)CNC(C)(C)C. The second kappa shape index (κ2) is 7.43. The van der Waals surface area contributed by atoms with Gasteiger partial charge in [0.25, 0.3) is 0 Å². The van der Waals surface area contributed by atoms with Gasteiger partial charge < -0.3 is 20.2 Å². The highest BCUT2D eigenvalue weighted by atomic mass is 16.3. The van der Waals surface area contributed by atoms with Crippen LogP contribution in [0.3, 0.4) is 0 Å². The smallest absolute Gasteiger partial charge is 0.0791 e. The number of β-amino-alcohol motifs (C(OH)–C–C–N with tert-alkyl or cyclic N) is 1. The van der Waals surface area contributed by atoms with E-state index < -0.39 is 0 Å². The van der Waals surface area contributed by atoms with Crippen molar-refractivity contribution in [3.8, 4) is 0 Å². The fourth-order valence-electron chi connectivity index (χ4n) is 2.26. The minimum atomic E-state index is -0.284. The maximum Gasteiger partial charge on any atom is 0.0791 e. The number of hydrogen-bond acceptors (Lipinski definition) is 4. The monoisotopic (exact) mass is 257 g/mol. The molecular weight excluding hydrogens is 226 g/mol. The Morgan fingerprint density at radius 1 is 1.28 bits per heavy atom. The average molecular weight is 257 g/mol. The highest BCUT2D eigenvalue weighted by Gasteiger charge is 2.15. The molecular formula is C14H31N3O. The van der Waals surface area contributed by atoms with Crippen molar-refractivity contribution in [3.05, 3.63) is 0 Å². The van der Waals surface area contributed by atoms with E-state index in [4.69, 9.17) is 0 Å². The van der Waals surface area contributed by atoms with Crippen molar-refractivity contribution >= 4 is 0 Å². The van der Waals surface area contributed by atoms with Gasteiger partial charge in [-0.3, -0.25) is 0 Å². The highest BCUT2D eigenvalue weighted by Crippen LogP contribution is 2.06. The van der Waals surface area contributed by atoms with E-state index in [2.05, 4.69) is 42.9 Å². The number of rotatable bonds is 7. The van der Waals surface area contributed by atoms with Crippen molar-refractivity contribution < 1.29 is 5.11 Å². The quantitative estimate of drug-likeness (QED) is 0.706. The third kappa shape index (κ3) is 7.31. The van der Waals surface area contributed by atoms with Crippen LogP contribution in [0.15, 0.2) is 0 Å². The number of aliphatic hydroxyl groups excluding tert-OH is 1. The van der Waals surface area contributed by atoms with Gasteiger partial charge in [-0.2, -0.15) is 0 Å². The third-order valence-corrected chi connectivity index (χ3v) is 3.39. The van der Waals surface area contributed by atoms with Gasteiger partial charge in [0.15, 0.2) is 0 Å². The van der Waals surface area contributed by atoms with Crippen LogP contribution in [0.4, 0.5) is 0 Å². The van der Waals surface area contributed by atoms with Crippen molar-refractivity contribution in [1.29, 1.82) is 0 Å². The van der Waals surface area contributed by atoms with Gasteiger partial charge in [0.05, 0.1) is 6.10 Å². The Labute approximate surface area is 112 Å². The highest BCUT2D eigenvalue weighted by molar-refractivity contribution is 4.74. The predicted octanol–water partition coefficient (Wildman–Crippen LogP) is 0.763. The first-order valence-electron chi connectivity index (χ1n) is 7.21. The zero-order valence-electron chi connectivity index (χ0n) is 12.6. The molecule has 4 heteroatoms. The molecule has 2 N–H and O–H groups in total. The van der Waals surface area contributed by atoms with E-state index in [1.165, 1.54) is 25.9 Å². The molecule has 0 saturated carbocycles. The Morgan fingerprint density at radius 2 is 1.89 bits per heavy atom. The second-order valence-corrected chi connectivity index (χ2v) is 6.60. The molecule has 1 unspecified atom stereocenters. The molecule has 108 valence electrons. The second-order valence-electron chi connectivity index (χ2n) is 6.60. The summed E-state index contributed by atoms with van der Waals surface area (Å²) in [5, 5.41) is 13.3. The van der Waals surface area contributed by atoms with Crippen molar-refractivity contribution in [1.82, 2.24) is 15.1 Å². The minimum Gasteiger partial charge on any atom is -0.390 e. The van der Waals surface area contributed by atoms with E-state index >= 15 is 0 Å². The summed E-state index contributed by atoms with van der Waals surface area (Å²) >= 11 is 0. The summed E-state index contributed by atoms with van der Waals surface area (Å²) in [6.45, 7) is 12.5. The van der Waals surface area contributed by atoms with Gasteiger partial charge in [-0.1, -0.05) is 0 Å². The molecule has 1 aliphatic rings. The maximum absolute atomic E-state index is 9.96. The summed E-state index contributed by atoms with van der Waals surface area (Å²) in [5.41, 5.74) is 0.0785. The Balaban J connectivity index is 2.08. The van der Waals surface area contributed by atoms with E-state index in [9.17, 15) is 5.11 Å². The van der Waals surface area contributed by atoms with Crippen LogP contribution in [-0.4, -0.2) is 72.9 Å². The average Bonchev–Trinajstić information content (AvgIpc) is 2.75. The summed E-state index contributed by atoms with van der Waals surface area (Å²) < 4.78 is 0. The van der Waals surface area contributed by atoms with E-state index in [1.807, 2.05) is 0 Å². The van der Waals surface area contributed by atoms with Gasteiger partial charge >= 0.3 is 0 Å². The first kappa shape index (κ1) is 15.9. The molecule has 0 aromatic rings. The first-order valence-corrected chi connectivity index (χ1v) is 7.21. The largest absolute Gasteiger partial charge is 0.390 e. The summed E-state index contributed by atoms with van der Waals surface area (Å²) in [6, 6.07) is 0. The summed E-state index contributed by atoms with van der Waals surface area (Å²) in [6.07, 6.45) is 2.41. The molecule has 18 heavy (non-hydrogen) atoms. The van der Waals surface area contributed by atoms with Gasteiger partial charge in [0, 0.05) is 31.7 Å².